The summed E-state index contributed by atoms with van der Waals surface area (Å²) in [5.74, 6) is 1.06. The number of carbonyl (C=O) groups is 2. The minimum absolute atomic E-state index is 0.198. The number of benzene rings is 2. The van der Waals surface area contributed by atoms with Gasteiger partial charge < -0.3 is 0 Å². The van der Waals surface area contributed by atoms with Gasteiger partial charge in [-0.2, -0.15) is 0 Å². The van der Waals surface area contributed by atoms with Gasteiger partial charge in [0.15, 0.2) is 11.6 Å². The number of hydrogen-bond donors (Lipinski definition) is 0. The summed E-state index contributed by atoms with van der Waals surface area (Å²) in [7, 11) is 0. The third kappa shape index (κ3) is 10.5. The molecule has 0 heterocycles. The van der Waals surface area contributed by atoms with E-state index in [4.69, 9.17) is 0 Å². The molecule has 0 aromatic heterocycles. The summed E-state index contributed by atoms with van der Waals surface area (Å²) in [5.41, 5.74) is 7.20. The lowest BCUT2D eigenvalue weighted by Gasteiger charge is -2.28. The third-order valence-electron chi connectivity index (χ3n) is 6.33. The summed E-state index contributed by atoms with van der Waals surface area (Å²) >= 11 is 0. The van der Waals surface area contributed by atoms with Gasteiger partial charge in [0, 0.05) is 12.8 Å². The van der Waals surface area contributed by atoms with Crippen molar-refractivity contribution in [2.24, 2.45) is 11.8 Å². The monoisotopic (exact) mass is 458 g/mol. The summed E-state index contributed by atoms with van der Waals surface area (Å²) in [6, 6.07) is 17.5. The van der Waals surface area contributed by atoms with Crippen LogP contribution >= 0.6 is 0 Å². The molecule has 0 saturated carbocycles. The van der Waals surface area contributed by atoms with E-state index in [1.165, 1.54) is 22.3 Å². The zero-order valence-electron chi connectivity index (χ0n) is 22.0. The number of rotatable bonds is 13. The van der Waals surface area contributed by atoms with Gasteiger partial charge in [0.1, 0.15) is 0 Å². The Morgan fingerprint density at radius 2 is 0.941 bits per heavy atom. The van der Waals surface area contributed by atoms with Crippen molar-refractivity contribution in [3.05, 3.63) is 94.1 Å². The molecule has 182 valence electrons. The van der Waals surface area contributed by atoms with Crippen LogP contribution in [-0.4, -0.2) is 11.6 Å². The summed E-state index contributed by atoms with van der Waals surface area (Å²) in [6.07, 6.45) is 8.15. The first-order valence-electron chi connectivity index (χ1n) is 12.6. The highest BCUT2D eigenvalue weighted by Gasteiger charge is 2.24. The molecule has 0 spiro atoms. The first-order valence-corrected chi connectivity index (χ1v) is 12.6. The van der Waals surface area contributed by atoms with E-state index in [0.29, 0.717) is 24.7 Å². The van der Waals surface area contributed by atoms with Crippen LogP contribution < -0.4 is 0 Å². The molecule has 34 heavy (non-hydrogen) atoms. The van der Waals surface area contributed by atoms with Gasteiger partial charge in [0.25, 0.3) is 0 Å². The van der Waals surface area contributed by atoms with Crippen molar-refractivity contribution in [2.75, 3.05) is 0 Å². The maximum Gasteiger partial charge on any atom is 0.155 e. The molecule has 0 aliphatic carbocycles. The van der Waals surface area contributed by atoms with E-state index >= 15 is 0 Å². The predicted octanol–water partition coefficient (Wildman–Crippen LogP) is 7.95. The second-order valence-corrected chi connectivity index (χ2v) is 10.4. The fourth-order valence-corrected chi connectivity index (χ4v) is 4.51. The molecule has 2 aromatic carbocycles. The lowest BCUT2D eigenvalue weighted by molar-refractivity contribution is -0.116. The highest BCUT2D eigenvalue weighted by Crippen LogP contribution is 2.30. The second kappa shape index (κ2) is 13.8. The predicted molar refractivity (Wildman–Crippen MR) is 144 cm³/mol. The Balaban J connectivity index is 2.30. The van der Waals surface area contributed by atoms with E-state index in [9.17, 15) is 9.59 Å². The van der Waals surface area contributed by atoms with Gasteiger partial charge >= 0.3 is 0 Å². The van der Waals surface area contributed by atoms with Crippen LogP contribution in [0, 0.1) is 25.7 Å². The van der Waals surface area contributed by atoms with Crippen LogP contribution in [0.4, 0.5) is 0 Å². The van der Waals surface area contributed by atoms with Crippen LogP contribution in [0.1, 0.15) is 75.6 Å². The molecule has 0 aliphatic rings. The van der Waals surface area contributed by atoms with E-state index < -0.39 is 0 Å². The topological polar surface area (TPSA) is 34.1 Å². The molecule has 2 atom stereocenters. The van der Waals surface area contributed by atoms with Gasteiger partial charge in [-0.3, -0.25) is 9.59 Å². The minimum Gasteiger partial charge on any atom is -0.295 e. The summed E-state index contributed by atoms with van der Waals surface area (Å²) < 4.78 is 0. The largest absolute Gasteiger partial charge is 0.295 e. The van der Waals surface area contributed by atoms with Crippen LogP contribution in [0.15, 0.2) is 71.8 Å². The van der Waals surface area contributed by atoms with Gasteiger partial charge in [-0.1, -0.05) is 70.8 Å². The van der Waals surface area contributed by atoms with Gasteiger partial charge in [0.05, 0.1) is 0 Å². The van der Waals surface area contributed by atoms with Crippen molar-refractivity contribution in [1.29, 1.82) is 0 Å². The van der Waals surface area contributed by atoms with Crippen molar-refractivity contribution in [3.63, 3.8) is 0 Å². The third-order valence-corrected chi connectivity index (χ3v) is 6.33. The summed E-state index contributed by atoms with van der Waals surface area (Å²) in [6.45, 7) is 12.1. The van der Waals surface area contributed by atoms with Crippen molar-refractivity contribution < 1.29 is 9.59 Å². The minimum atomic E-state index is 0.198. The van der Waals surface area contributed by atoms with Gasteiger partial charge in [-0.25, -0.2) is 0 Å². The Kier molecular flexibility index (Phi) is 11.2. The van der Waals surface area contributed by atoms with Gasteiger partial charge in [-0.05, 0) is 102 Å². The first kappa shape index (κ1) is 27.5. The van der Waals surface area contributed by atoms with Crippen LogP contribution in [0.2, 0.25) is 0 Å². The average molecular weight is 459 g/mol. The van der Waals surface area contributed by atoms with Crippen LogP contribution in [0.3, 0.4) is 0 Å². The van der Waals surface area contributed by atoms with Crippen molar-refractivity contribution in [1.82, 2.24) is 0 Å². The number of aryl methyl sites for hydroxylation is 2. The molecule has 0 radical (unpaired) electrons. The molecule has 0 N–H and O–H groups in total. The highest BCUT2D eigenvalue weighted by molar-refractivity contribution is 5.90. The molecule has 2 unspecified atom stereocenters. The number of ketones is 2. The Morgan fingerprint density at radius 3 is 1.24 bits per heavy atom. The molecule has 2 nitrogen and oxygen atoms in total. The fourth-order valence-electron chi connectivity index (χ4n) is 4.51. The molecular weight excluding hydrogens is 416 g/mol. The maximum absolute atomic E-state index is 12.5. The quantitative estimate of drug-likeness (QED) is 0.285. The average Bonchev–Trinajstić information content (AvgIpc) is 2.76. The van der Waals surface area contributed by atoms with Crippen molar-refractivity contribution in [3.8, 4) is 0 Å². The zero-order valence-corrected chi connectivity index (χ0v) is 22.0. The number of allylic oxidation sites excluding steroid dienone is 4. The number of hydrogen-bond acceptors (Lipinski definition) is 2. The van der Waals surface area contributed by atoms with E-state index in [0.717, 1.165) is 36.8 Å². The molecule has 0 aliphatic heterocycles. The molecule has 0 fully saturated rings. The Bertz CT molecular complexity index is 899. The van der Waals surface area contributed by atoms with Crippen molar-refractivity contribution in [2.45, 2.75) is 80.1 Å². The highest BCUT2D eigenvalue weighted by atomic mass is 16.1. The SMILES string of the molecule is CC(C)=CC(=O)CCC(Cc1ccc(C)cc1)C(CCC(=O)C=C(C)C)Cc1ccc(C)cc1. The Morgan fingerprint density at radius 1 is 0.618 bits per heavy atom. The van der Waals surface area contributed by atoms with E-state index in [-0.39, 0.29) is 11.6 Å². The molecule has 0 amide bonds. The molecule has 2 rings (SSSR count). The summed E-state index contributed by atoms with van der Waals surface area (Å²) in [4.78, 5) is 25.0. The van der Waals surface area contributed by atoms with Crippen molar-refractivity contribution >= 4 is 11.6 Å². The Hall–Kier alpha value is -2.74. The molecule has 0 saturated heterocycles. The van der Waals surface area contributed by atoms with Gasteiger partial charge in [0.2, 0.25) is 0 Å². The molecule has 2 aromatic rings. The lowest BCUT2D eigenvalue weighted by atomic mass is 9.77. The fraction of sp³-hybridized carbons (Fsp3) is 0.438. The summed E-state index contributed by atoms with van der Waals surface area (Å²) in [5, 5.41) is 0. The van der Waals surface area contributed by atoms with Crippen LogP contribution in [0.25, 0.3) is 0 Å². The first-order chi connectivity index (χ1) is 16.1. The molecular formula is C32H42O2. The van der Waals surface area contributed by atoms with E-state index in [2.05, 4.69) is 62.4 Å². The molecule has 0 bridgehead atoms. The Labute approximate surface area is 207 Å². The zero-order chi connectivity index (χ0) is 25.1. The van der Waals surface area contributed by atoms with Crippen LogP contribution in [0.5, 0.6) is 0 Å². The maximum atomic E-state index is 12.5. The smallest absolute Gasteiger partial charge is 0.155 e. The van der Waals surface area contributed by atoms with Gasteiger partial charge in [-0.15, -0.1) is 0 Å². The van der Waals surface area contributed by atoms with E-state index in [1.54, 1.807) is 12.2 Å². The number of carbonyl (C=O) groups excluding carboxylic acids is 2. The van der Waals surface area contributed by atoms with E-state index in [1.807, 2.05) is 27.7 Å². The lowest BCUT2D eigenvalue weighted by Crippen LogP contribution is -2.22. The molecule has 2 heteroatoms. The standard InChI is InChI=1S/C32H42O2/c1-23(2)19-31(33)17-15-29(21-27-11-7-25(5)8-12-27)30(16-18-32(34)20-24(3)4)22-28-13-9-26(6)10-14-28/h7-14,19-20,29-30H,15-18,21-22H2,1-6H3. The normalized spacial score (nSPS) is 12.5. The second-order valence-electron chi connectivity index (χ2n) is 10.4. The van der Waals surface area contributed by atoms with Crippen LogP contribution in [-0.2, 0) is 22.4 Å².